The maximum atomic E-state index is 5.63. The first-order chi connectivity index (χ1) is 8.75. The molecule has 2 N–H and O–H groups in total. The second kappa shape index (κ2) is 4.46. The molecular weight excluding hydrogens is 252 g/mol. The SMILES string of the molecule is NC(=S)C1CN(c2nccn3cnnc23)CCO1. The van der Waals surface area contributed by atoms with E-state index in [1.165, 1.54) is 0 Å². The summed E-state index contributed by atoms with van der Waals surface area (Å²) in [6.45, 7) is 1.90. The van der Waals surface area contributed by atoms with Crippen molar-refractivity contribution in [3.63, 3.8) is 0 Å². The van der Waals surface area contributed by atoms with Gasteiger partial charge in [0.25, 0.3) is 0 Å². The first kappa shape index (κ1) is 11.3. The molecule has 0 spiro atoms. The van der Waals surface area contributed by atoms with Crippen LogP contribution in [-0.2, 0) is 4.74 Å². The zero-order valence-electron chi connectivity index (χ0n) is 9.56. The molecule has 3 rings (SSSR count). The van der Waals surface area contributed by atoms with Gasteiger partial charge in [0.05, 0.1) is 13.2 Å². The summed E-state index contributed by atoms with van der Waals surface area (Å²) in [5.74, 6) is 0.777. The predicted octanol–water partition coefficient (Wildman–Crippen LogP) is -0.384. The van der Waals surface area contributed by atoms with E-state index in [9.17, 15) is 0 Å². The highest BCUT2D eigenvalue weighted by atomic mass is 32.1. The Hall–Kier alpha value is -1.80. The number of fused-ring (bicyclic) bond motifs is 1. The Kier molecular flexibility index (Phi) is 2.80. The Morgan fingerprint density at radius 3 is 3.28 bits per heavy atom. The van der Waals surface area contributed by atoms with E-state index < -0.39 is 0 Å². The number of nitrogens with zero attached hydrogens (tertiary/aromatic N) is 5. The molecule has 0 aromatic carbocycles. The monoisotopic (exact) mass is 264 g/mol. The Morgan fingerprint density at radius 1 is 1.56 bits per heavy atom. The quantitative estimate of drug-likeness (QED) is 0.740. The third-order valence-electron chi connectivity index (χ3n) is 2.88. The molecule has 1 aliphatic heterocycles. The maximum Gasteiger partial charge on any atom is 0.203 e. The average Bonchev–Trinajstić information content (AvgIpc) is 2.87. The summed E-state index contributed by atoms with van der Waals surface area (Å²) < 4.78 is 7.33. The lowest BCUT2D eigenvalue weighted by atomic mass is 10.2. The fourth-order valence-corrected chi connectivity index (χ4v) is 2.12. The van der Waals surface area contributed by atoms with Gasteiger partial charge in [0.15, 0.2) is 5.82 Å². The summed E-state index contributed by atoms with van der Waals surface area (Å²) in [5, 5.41) is 7.94. The smallest absolute Gasteiger partial charge is 0.203 e. The van der Waals surface area contributed by atoms with Crippen LogP contribution in [0.25, 0.3) is 5.65 Å². The van der Waals surface area contributed by atoms with Crippen LogP contribution in [0.15, 0.2) is 18.7 Å². The first-order valence-corrected chi connectivity index (χ1v) is 5.97. The van der Waals surface area contributed by atoms with Crippen molar-refractivity contribution in [2.24, 2.45) is 5.73 Å². The summed E-state index contributed by atoms with van der Waals surface area (Å²) in [6.07, 6.45) is 4.94. The van der Waals surface area contributed by atoms with Crippen LogP contribution in [0.1, 0.15) is 0 Å². The summed E-state index contributed by atoms with van der Waals surface area (Å²) in [7, 11) is 0. The van der Waals surface area contributed by atoms with E-state index in [4.69, 9.17) is 22.7 Å². The van der Waals surface area contributed by atoms with E-state index in [1.54, 1.807) is 12.5 Å². The van der Waals surface area contributed by atoms with Gasteiger partial charge in [-0.15, -0.1) is 10.2 Å². The van der Waals surface area contributed by atoms with Gasteiger partial charge in [0, 0.05) is 18.9 Å². The van der Waals surface area contributed by atoms with Crippen LogP contribution in [0.2, 0.25) is 0 Å². The molecule has 94 valence electrons. The molecule has 2 aromatic heterocycles. The summed E-state index contributed by atoms with van der Waals surface area (Å²) in [5.41, 5.74) is 6.35. The zero-order chi connectivity index (χ0) is 12.5. The molecule has 1 saturated heterocycles. The fraction of sp³-hybridized carbons (Fsp3) is 0.400. The largest absolute Gasteiger partial charge is 0.391 e. The summed E-state index contributed by atoms with van der Waals surface area (Å²) in [4.78, 5) is 6.79. The number of morpholine rings is 1. The van der Waals surface area contributed by atoms with Crippen molar-refractivity contribution in [1.82, 2.24) is 19.6 Å². The second-order valence-corrected chi connectivity index (χ2v) is 4.49. The molecule has 7 nitrogen and oxygen atoms in total. The molecule has 2 aromatic rings. The van der Waals surface area contributed by atoms with E-state index in [0.29, 0.717) is 18.1 Å². The lowest BCUT2D eigenvalue weighted by molar-refractivity contribution is 0.0845. The Morgan fingerprint density at radius 2 is 2.44 bits per heavy atom. The minimum atomic E-state index is -0.237. The van der Waals surface area contributed by atoms with Crippen LogP contribution in [0.3, 0.4) is 0 Å². The molecule has 0 saturated carbocycles. The maximum absolute atomic E-state index is 5.63. The lowest BCUT2D eigenvalue weighted by Gasteiger charge is -2.32. The highest BCUT2D eigenvalue weighted by Crippen LogP contribution is 2.19. The van der Waals surface area contributed by atoms with Crippen LogP contribution >= 0.6 is 12.2 Å². The third-order valence-corrected chi connectivity index (χ3v) is 3.14. The van der Waals surface area contributed by atoms with Gasteiger partial charge in [-0.05, 0) is 0 Å². The molecule has 0 radical (unpaired) electrons. The average molecular weight is 264 g/mol. The van der Waals surface area contributed by atoms with E-state index in [0.717, 1.165) is 18.0 Å². The van der Waals surface area contributed by atoms with Gasteiger partial charge in [0.2, 0.25) is 5.65 Å². The Balaban J connectivity index is 1.94. The van der Waals surface area contributed by atoms with Crippen molar-refractivity contribution in [3.05, 3.63) is 18.7 Å². The topological polar surface area (TPSA) is 81.6 Å². The molecule has 1 atom stereocenters. The van der Waals surface area contributed by atoms with Crippen molar-refractivity contribution in [2.75, 3.05) is 24.6 Å². The number of nitrogens with two attached hydrogens (primary N) is 1. The number of aromatic nitrogens is 4. The fourth-order valence-electron chi connectivity index (χ4n) is 1.98. The number of ether oxygens (including phenoxy) is 1. The van der Waals surface area contributed by atoms with Crippen LogP contribution in [-0.4, -0.2) is 50.4 Å². The molecule has 1 fully saturated rings. The van der Waals surface area contributed by atoms with Gasteiger partial charge in [-0.3, -0.25) is 4.40 Å². The minimum absolute atomic E-state index is 0.237. The van der Waals surface area contributed by atoms with Gasteiger partial charge in [-0.2, -0.15) is 0 Å². The molecule has 8 heteroatoms. The Labute approximate surface area is 109 Å². The van der Waals surface area contributed by atoms with E-state index in [-0.39, 0.29) is 6.10 Å². The lowest BCUT2D eigenvalue weighted by Crippen LogP contribution is -2.48. The summed E-state index contributed by atoms with van der Waals surface area (Å²) >= 11 is 4.97. The minimum Gasteiger partial charge on any atom is -0.391 e. The van der Waals surface area contributed by atoms with E-state index >= 15 is 0 Å². The van der Waals surface area contributed by atoms with Gasteiger partial charge >= 0.3 is 0 Å². The van der Waals surface area contributed by atoms with Crippen molar-refractivity contribution in [2.45, 2.75) is 6.10 Å². The highest BCUT2D eigenvalue weighted by Gasteiger charge is 2.25. The van der Waals surface area contributed by atoms with Gasteiger partial charge < -0.3 is 15.4 Å². The van der Waals surface area contributed by atoms with Crippen molar-refractivity contribution >= 4 is 28.7 Å². The van der Waals surface area contributed by atoms with Gasteiger partial charge in [0.1, 0.15) is 17.4 Å². The van der Waals surface area contributed by atoms with E-state index in [1.807, 2.05) is 10.6 Å². The third kappa shape index (κ3) is 1.89. The zero-order valence-corrected chi connectivity index (χ0v) is 10.4. The molecule has 3 heterocycles. The number of anilines is 1. The van der Waals surface area contributed by atoms with Crippen LogP contribution in [0.5, 0.6) is 0 Å². The van der Waals surface area contributed by atoms with Gasteiger partial charge in [-0.1, -0.05) is 12.2 Å². The molecule has 1 unspecified atom stereocenters. The standard InChI is InChI=1S/C10H12N6OS/c11-8(18)7-5-15(3-4-17-7)9-10-14-13-6-16(10)2-1-12-9/h1-2,6-7H,3-5H2,(H2,11,18). The normalized spacial score (nSPS) is 20.2. The van der Waals surface area contributed by atoms with Crippen LogP contribution in [0.4, 0.5) is 5.82 Å². The van der Waals surface area contributed by atoms with Crippen molar-refractivity contribution in [3.8, 4) is 0 Å². The van der Waals surface area contributed by atoms with E-state index in [2.05, 4.69) is 20.1 Å². The highest BCUT2D eigenvalue weighted by molar-refractivity contribution is 7.80. The van der Waals surface area contributed by atoms with Crippen molar-refractivity contribution in [1.29, 1.82) is 0 Å². The number of hydrogen-bond acceptors (Lipinski definition) is 6. The van der Waals surface area contributed by atoms with Gasteiger partial charge in [-0.25, -0.2) is 4.98 Å². The first-order valence-electron chi connectivity index (χ1n) is 5.56. The summed E-state index contributed by atoms with van der Waals surface area (Å²) in [6, 6.07) is 0. The predicted molar refractivity (Wildman–Crippen MR) is 69.5 cm³/mol. The molecule has 0 amide bonds. The molecule has 0 aliphatic carbocycles. The molecule has 0 bridgehead atoms. The van der Waals surface area contributed by atoms with Crippen molar-refractivity contribution < 1.29 is 4.74 Å². The molecule has 1 aliphatic rings. The molecule has 18 heavy (non-hydrogen) atoms. The molecular formula is C10H12N6OS. The van der Waals surface area contributed by atoms with Crippen LogP contribution in [0, 0.1) is 0 Å². The van der Waals surface area contributed by atoms with Crippen LogP contribution < -0.4 is 10.6 Å². The number of hydrogen-bond donors (Lipinski definition) is 1. The number of rotatable bonds is 2. The number of thiocarbonyl (C=S) groups is 1. The second-order valence-electron chi connectivity index (χ2n) is 4.02. The Bertz CT molecular complexity index is 585.